The van der Waals surface area contributed by atoms with Crippen molar-refractivity contribution in [2.75, 3.05) is 109 Å². The van der Waals surface area contributed by atoms with E-state index in [2.05, 4.69) is 325 Å². The van der Waals surface area contributed by atoms with Crippen LogP contribution in [0.1, 0.15) is 51.4 Å². The van der Waals surface area contributed by atoms with Crippen LogP contribution in [-0.4, -0.2) is 135 Å². The molecule has 8 aromatic rings. The fraction of sp³-hybridized carbons (Fsp3) is 0.415. The Morgan fingerprint density at radius 3 is 0.411 bits per heavy atom. The summed E-state index contributed by atoms with van der Waals surface area (Å²) in [7, 11) is -22.4. The van der Waals surface area contributed by atoms with E-state index >= 15 is 0 Å². The molecule has 8 atom stereocenters. The summed E-state index contributed by atoms with van der Waals surface area (Å²) in [5.74, 6) is 0. The molecule has 0 aliphatic heterocycles. The third-order valence-corrected chi connectivity index (χ3v) is 55.2. The van der Waals surface area contributed by atoms with Gasteiger partial charge in [0.05, 0.1) is 0 Å². The molecular formula is C82H126N8O9Si8. The summed E-state index contributed by atoms with van der Waals surface area (Å²) in [6, 6.07) is 89.4. The van der Waals surface area contributed by atoms with Gasteiger partial charge in [-0.05, 0) is 249 Å². The van der Waals surface area contributed by atoms with Gasteiger partial charge in [0.15, 0.2) is 0 Å². The van der Waals surface area contributed by atoms with Gasteiger partial charge in [-0.3, -0.25) is 0 Å². The van der Waals surface area contributed by atoms with Gasteiger partial charge >= 0.3 is 68.5 Å². The van der Waals surface area contributed by atoms with E-state index in [9.17, 15) is 0 Å². The summed E-state index contributed by atoms with van der Waals surface area (Å²) < 4.78 is 70.2. The maximum absolute atomic E-state index is 8.38. The molecular weight excluding hydrogens is 1470 g/mol. The maximum atomic E-state index is 8.38. The largest absolute Gasteiger partial charge is 0.416 e. The molecule has 0 aliphatic carbocycles. The highest BCUT2D eigenvalue weighted by atomic mass is 28.5. The van der Waals surface area contributed by atoms with Gasteiger partial charge in [0.25, 0.3) is 0 Å². The maximum Gasteiger partial charge on any atom is 0.325 e. The van der Waals surface area contributed by atoms with Gasteiger partial charge in [-0.1, -0.05) is 146 Å². The standard InChI is InChI=1S/C82H126N8O9Si8/c1-91-100(3,67-35-59-83-75-43-19-11-20-44-75)93-102(5,69-37-61-85-77-47-23-13-24-48-77)95-104(7,71-39-63-87-79-51-27-15-28-52-79)97-106(9,73-41-65-89-81-55-31-17-32-56-81)99-107(10,74-42-66-90-82-57-33-18-34-58-82)98-105(8,72-40-64-88-80-53-29-16-30-54-80)96-103(6,70-38-62-86-78-49-25-14-26-50-78)94-101(4,92-2)68-36-60-84-76-45-21-12-22-46-76/h11-34,43-58,83-90H,35-42,59-74H2,1-10H3. The highest BCUT2D eigenvalue weighted by Crippen LogP contribution is 2.39. The number of para-hydroxylation sites is 8. The highest BCUT2D eigenvalue weighted by Gasteiger charge is 2.56. The lowest BCUT2D eigenvalue weighted by Crippen LogP contribution is -2.65. The van der Waals surface area contributed by atoms with Crippen LogP contribution in [0, 0.1) is 0 Å². The first-order chi connectivity index (χ1) is 51.7. The van der Waals surface area contributed by atoms with Crippen molar-refractivity contribution in [2.24, 2.45) is 0 Å². The minimum absolute atomic E-state index is 0.676. The fourth-order valence-electron chi connectivity index (χ4n) is 13.9. The van der Waals surface area contributed by atoms with Crippen molar-refractivity contribution in [3.05, 3.63) is 243 Å². The molecule has 0 aliphatic rings. The predicted molar refractivity (Wildman–Crippen MR) is 469 cm³/mol. The molecule has 0 radical (unpaired) electrons. The number of hydrogen-bond acceptors (Lipinski definition) is 17. The van der Waals surface area contributed by atoms with E-state index in [1.165, 1.54) is 0 Å². The first-order valence-electron chi connectivity index (χ1n) is 39.0. The minimum atomic E-state index is -3.47. The van der Waals surface area contributed by atoms with Gasteiger partial charge in [0, 0.05) is 112 Å². The van der Waals surface area contributed by atoms with E-state index in [1.54, 1.807) is 0 Å². The van der Waals surface area contributed by atoms with E-state index in [0.717, 1.165) is 173 Å². The predicted octanol–water partition coefficient (Wildman–Crippen LogP) is 21.0. The van der Waals surface area contributed by atoms with Crippen LogP contribution in [0.25, 0.3) is 0 Å². The lowest BCUT2D eigenvalue weighted by Gasteiger charge is -2.48. The Kier molecular flexibility index (Phi) is 36.2. The van der Waals surface area contributed by atoms with Crippen LogP contribution in [0.2, 0.25) is 101 Å². The van der Waals surface area contributed by atoms with E-state index in [1.807, 2.05) is 26.4 Å². The molecule has 8 rings (SSSR count). The molecule has 8 aromatic carbocycles. The fourth-order valence-corrected chi connectivity index (χ4v) is 56.1. The molecule has 0 heterocycles. The molecule has 107 heavy (non-hydrogen) atoms. The zero-order valence-electron chi connectivity index (χ0n) is 65.7. The lowest BCUT2D eigenvalue weighted by molar-refractivity contribution is 0.229. The van der Waals surface area contributed by atoms with Crippen molar-refractivity contribution in [3.8, 4) is 0 Å². The van der Waals surface area contributed by atoms with Crippen LogP contribution in [0.3, 0.4) is 0 Å². The second kappa shape index (κ2) is 45.0. The molecule has 17 nitrogen and oxygen atoms in total. The van der Waals surface area contributed by atoms with Crippen molar-refractivity contribution in [2.45, 2.75) is 152 Å². The molecule has 0 saturated carbocycles. The Labute approximate surface area is 651 Å². The molecule has 0 bridgehead atoms. The van der Waals surface area contributed by atoms with Crippen LogP contribution in [-0.2, 0) is 37.7 Å². The SMILES string of the molecule is CO[Si](C)(CCCNc1ccccc1)O[Si](C)(CCCNc1ccccc1)O[Si](C)(CCCNc1ccccc1)O[Si](C)(CCCNc1ccccc1)O[Si](C)(CCCNc1ccccc1)O[Si](C)(CCCNc1ccccc1)O[Si](C)(CCCNc1ccccc1)O[Si](C)(CCCNc1ccccc1)OC. The first kappa shape index (κ1) is 86.1. The van der Waals surface area contributed by atoms with Crippen LogP contribution in [0.15, 0.2) is 243 Å². The topological polar surface area (TPSA) is 179 Å². The van der Waals surface area contributed by atoms with E-state index in [4.69, 9.17) is 37.7 Å². The number of anilines is 8. The summed E-state index contributed by atoms with van der Waals surface area (Å²) in [5.41, 5.74) is 8.66. The second-order valence-corrected chi connectivity index (χ2v) is 58.0. The molecule has 0 aromatic heterocycles. The molecule has 8 unspecified atom stereocenters. The van der Waals surface area contributed by atoms with E-state index < -0.39 is 68.5 Å². The molecule has 0 saturated heterocycles. The van der Waals surface area contributed by atoms with Gasteiger partial charge < -0.3 is 80.2 Å². The van der Waals surface area contributed by atoms with Crippen molar-refractivity contribution in [3.63, 3.8) is 0 Å². The Morgan fingerprint density at radius 1 is 0.178 bits per heavy atom. The number of hydrogen-bond donors (Lipinski definition) is 8. The average molecular weight is 1590 g/mol. The minimum Gasteiger partial charge on any atom is -0.416 e. The van der Waals surface area contributed by atoms with Crippen molar-refractivity contribution in [1.82, 2.24) is 0 Å². The quantitative estimate of drug-likeness (QED) is 0.0133. The van der Waals surface area contributed by atoms with Gasteiger partial charge in [0.1, 0.15) is 0 Å². The average Bonchev–Trinajstić information content (AvgIpc) is 0.780. The second-order valence-electron chi connectivity index (χ2n) is 29.4. The highest BCUT2D eigenvalue weighted by molar-refractivity contribution is 6.93. The monoisotopic (exact) mass is 1590 g/mol. The smallest absolute Gasteiger partial charge is 0.325 e. The summed E-state index contributed by atoms with van der Waals surface area (Å²) in [6.07, 6.45) is 6.56. The third-order valence-electron chi connectivity index (χ3n) is 19.2. The summed E-state index contributed by atoms with van der Waals surface area (Å²) in [6.45, 7) is 24.2. The van der Waals surface area contributed by atoms with E-state index in [-0.39, 0.29) is 0 Å². The van der Waals surface area contributed by atoms with Gasteiger partial charge in [-0.2, -0.15) is 0 Å². The van der Waals surface area contributed by atoms with Crippen LogP contribution in [0.5, 0.6) is 0 Å². The lowest BCUT2D eigenvalue weighted by atomic mass is 10.3. The third kappa shape index (κ3) is 32.9. The number of nitrogens with one attached hydrogen (secondary N) is 8. The molecule has 0 fully saturated rings. The molecule has 25 heteroatoms. The van der Waals surface area contributed by atoms with Crippen LogP contribution >= 0.6 is 0 Å². The molecule has 580 valence electrons. The number of benzene rings is 8. The first-order valence-corrected chi connectivity index (χ1v) is 59.2. The summed E-state index contributed by atoms with van der Waals surface area (Å²) in [5, 5.41) is 29.7. The Hall–Kier alpha value is -6.46. The van der Waals surface area contributed by atoms with E-state index in [0.29, 0.717) is 24.2 Å². The van der Waals surface area contributed by atoms with Crippen molar-refractivity contribution < 1.29 is 37.7 Å². The van der Waals surface area contributed by atoms with Crippen LogP contribution in [0.4, 0.5) is 45.5 Å². The Morgan fingerprint density at radius 2 is 0.290 bits per heavy atom. The summed E-state index contributed by atoms with van der Waals surface area (Å²) in [4.78, 5) is 0. The Balaban J connectivity index is 1.19. The molecule has 8 N–H and O–H groups in total. The normalized spacial score (nSPS) is 16.1. The molecule has 0 amide bonds. The molecule has 0 spiro atoms. The van der Waals surface area contributed by atoms with Gasteiger partial charge in [-0.15, -0.1) is 0 Å². The van der Waals surface area contributed by atoms with Gasteiger partial charge in [0.2, 0.25) is 0 Å². The van der Waals surface area contributed by atoms with Gasteiger partial charge in [-0.25, -0.2) is 0 Å². The van der Waals surface area contributed by atoms with Crippen molar-refractivity contribution in [1.29, 1.82) is 0 Å². The number of rotatable bonds is 56. The zero-order valence-corrected chi connectivity index (χ0v) is 73.7. The zero-order chi connectivity index (χ0) is 75.9. The van der Waals surface area contributed by atoms with Crippen LogP contribution < -0.4 is 42.5 Å². The summed E-state index contributed by atoms with van der Waals surface area (Å²) >= 11 is 0. The Bertz CT molecular complexity index is 3430. The van der Waals surface area contributed by atoms with Crippen molar-refractivity contribution >= 4 is 114 Å².